The van der Waals surface area contributed by atoms with E-state index in [1.807, 2.05) is 0 Å². The number of likely N-dealkylation sites (N-methyl/N-ethyl adjacent to an activating group) is 1. The van der Waals surface area contributed by atoms with Crippen LogP contribution in [0.15, 0.2) is 24.3 Å². The molecule has 2 aromatic rings. The molecule has 1 fully saturated rings. The molecule has 3 heterocycles. The zero-order valence-corrected chi connectivity index (χ0v) is 17.3. The number of halogens is 1. The molecular weight excluding hydrogens is 389 g/mol. The van der Waals surface area contributed by atoms with Crippen LogP contribution in [0, 0.1) is 17.1 Å². The van der Waals surface area contributed by atoms with Crippen LogP contribution >= 0.6 is 11.3 Å². The summed E-state index contributed by atoms with van der Waals surface area (Å²) in [4.78, 5) is 20.3. The average Bonchev–Trinajstić information content (AvgIpc) is 3.05. The van der Waals surface area contributed by atoms with E-state index in [4.69, 9.17) is 0 Å². The van der Waals surface area contributed by atoms with Gasteiger partial charge in [-0.3, -0.25) is 9.69 Å². The number of piperazine rings is 1. The van der Waals surface area contributed by atoms with E-state index in [0.717, 1.165) is 56.9 Å². The molecule has 0 spiro atoms. The van der Waals surface area contributed by atoms with Crippen LogP contribution in [-0.2, 0) is 17.8 Å². The van der Waals surface area contributed by atoms with Crippen LogP contribution in [0.2, 0.25) is 0 Å². The van der Waals surface area contributed by atoms with Gasteiger partial charge in [0.05, 0.1) is 12.1 Å². The van der Waals surface area contributed by atoms with Crippen LogP contribution in [0.25, 0.3) is 0 Å². The van der Waals surface area contributed by atoms with E-state index < -0.39 is 0 Å². The smallest absolute Gasteiger partial charge is 0.239 e. The van der Waals surface area contributed by atoms with Crippen LogP contribution in [0.5, 0.6) is 0 Å². The number of anilines is 2. The van der Waals surface area contributed by atoms with Crippen LogP contribution in [-0.4, -0.2) is 62.0 Å². The van der Waals surface area contributed by atoms with Gasteiger partial charge in [0.25, 0.3) is 0 Å². The predicted octanol–water partition coefficient (Wildman–Crippen LogP) is 2.51. The lowest BCUT2D eigenvalue weighted by molar-refractivity contribution is -0.117. The number of nitrogens with one attached hydrogen (secondary N) is 1. The van der Waals surface area contributed by atoms with Gasteiger partial charge in [-0.2, -0.15) is 5.26 Å². The third kappa shape index (κ3) is 4.42. The topological polar surface area (TPSA) is 62.6 Å². The van der Waals surface area contributed by atoms with Crippen molar-refractivity contribution in [2.24, 2.45) is 0 Å². The van der Waals surface area contributed by atoms with Crippen molar-refractivity contribution in [1.82, 2.24) is 9.80 Å². The third-order valence-electron chi connectivity index (χ3n) is 5.54. The molecule has 1 N–H and O–H groups in total. The molecule has 0 saturated carbocycles. The van der Waals surface area contributed by atoms with Gasteiger partial charge < -0.3 is 15.1 Å². The fourth-order valence-corrected chi connectivity index (χ4v) is 5.22. The Hall–Kier alpha value is -2.47. The molecule has 152 valence electrons. The Morgan fingerprint density at radius 3 is 2.62 bits per heavy atom. The first-order valence-electron chi connectivity index (χ1n) is 9.79. The first kappa shape index (κ1) is 19.8. The number of thiophene rings is 1. The number of nitriles is 1. The summed E-state index contributed by atoms with van der Waals surface area (Å²) in [5.41, 5.74) is 2.73. The van der Waals surface area contributed by atoms with E-state index in [1.165, 1.54) is 28.3 Å². The Labute approximate surface area is 174 Å². The van der Waals surface area contributed by atoms with Crippen molar-refractivity contribution in [3.05, 3.63) is 46.1 Å². The maximum Gasteiger partial charge on any atom is 0.239 e. The van der Waals surface area contributed by atoms with Crippen molar-refractivity contribution in [2.45, 2.75) is 13.0 Å². The Balaban J connectivity index is 1.33. The summed E-state index contributed by atoms with van der Waals surface area (Å²) in [5.74, 6) is -0.314. The van der Waals surface area contributed by atoms with Crippen molar-refractivity contribution < 1.29 is 9.18 Å². The van der Waals surface area contributed by atoms with E-state index in [2.05, 4.69) is 33.1 Å². The minimum absolute atomic E-state index is 0.0799. The van der Waals surface area contributed by atoms with Crippen LogP contribution in [0.3, 0.4) is 0 Å². The van der Waals surface area contributed by atoms with Crippen LogP contribution in [0.4, 0.5) is 15.1 Å². The molecule has 6 nitrogen and oxygen atoms in total. The summed E-state index contributed by atoms with van der Waals surface area (Å²) in [6.45, 7) is 5.19. The number of hydrogen-bond acceptors (Lipinski definition) is 6. The largest absolute Gasteiger partial charge is 0.369 e. The van der Waals surface area contributed by atoms with Crippen molar-refractivity contribution >= 4 is 27.9 Å². The molecule has 2 aliphatic rings. The molecule has 1 aromatic carbocycles. The van der Waals surface area contributed by atoms with Crippen molar-refractivity contribution in [3.63, 3.8) is 0 Å². The summed E-state index contributed by atoms with van der Waals surface area (Å²) in [6, 6.07) is 8.81. The molecule has 0 bridgehead atoms. The van der Waals surface area contributed by atoms with Gasteiger partial charge in [-0.15, -0.1) is 11.3 Å². The number of benzene rings is 1. The minimum Gasteiger partial charge on any atom is -0.369 e. The third-order valence-corrected chi connectivity index (χ3v) is 6.68. The lowest BCUT2D eigenvalue weighted by Crippen LogP contribution is -2.48. The molecule has 0 atom stereocenters. The fourth-order valence-electron chi connectivity index (χ4n) is 3.92. The number of amides is 1. The molecule has 8 heteroatoms. The van der Waals surface area contributed by atoms with E-state index in [-0.39, 0.29) is 11.7 Å². The Morgan fingerprint density at radius 1 is 1.21 bits per heavy atom. The monoisotopic (exact) mass is 413 g/mol. The highest BCUT2D eigenvalue weighted by Crippen LogP contribution is 2.36. The molecule has 0 aliphatic carbocycles. The second-order valence-electron chi connectivity index (χ2n) is 7.60. The normalized spacial score (nSPS) is 17.6. The van der Waals surface area contributed by atoms with Gasteiger partial charge in [0, 0.05) is 49.8 Å². The quantitative estimate of drug-likeness (QED) is 0.835. The summed E-state index contributed by atoms with van der Waals surface area (Å²) in [5, 5.41) is 13.2. The van der Waals surface area contributed by atoms with Gasteiger partial charge in [0.15, 0.2) is 0 Å². The molecule has 1 saturated heterocycles. The second-order valence-corrected chi connectivity index (χ2v) is 8.70. The summed E-state index contributed by atoms with van der Waals surface area (Å²) >= 11 is 1.53. The van der Waals surface area contributed by atoms with Gasteiger partial charge >= 0.3 is 0 Å². The number of carbonyl (C=O) groups is 1. The first-order chi connectivity index (χ1) is 14.0. The van der Waals surface area contributed by atoms with Crippen LogP contribution < -0.4 is 10.2 Å². The molecule has 1 aromatic heterocycles. The Morgan fingerprint density at radius 2 is 1.93 bits per heavy atom. The van der Waals surface area contributed by atoms with Crippen LogP contribution in [0.1, 0.15) is 16.0 Å². The molecule has 0 unspecified atom stereocenters. The average molecular weight is 414 g/mol. The number of nitrogens with zero attached hydrogens (tertiary/aromatic N) is 4. The summed E-state index contributed by atoms with van der Waals surface area (Å²) < 4.78 is 13.1. The first-order valence-corrected chi connectivity index (χ1v) is 10.6. The molecule has 4 rings (SSSR count). The van der Waals surface area contributed by atoms with E-state index >= 15 is 0 Å². The highest BCUT2D eigenvalue weighted by Gasteiger charge is 2.25. The fraction of sp³-hybridized carbons (Fsp3) is 0.429. The number of hydrogen-bond donors (Lipinski definition) is 1. The molecule has 1 amide bonds. The lowest BCUT2D eigenvalue weighted by atomic mass is 10.0. The SMILES string of the molecule is CN1CCc2c(sc(NC(=O)CN3CCN(c4ccc(F)cc4)CC3)c2C#N)C1. The Kier molecular flexibility index (Phi) is 5.81. The second kappa shape index (κ2) is 8.49. The van der Waals surface area contributed by atoms with Gasteiger partial charge in [0.1, 0.15) is 16.9 Å². The van der Waals surface area contributed by atoms with Gasteiger partial charge in [-0.1, -0.05) is 0 Å². The zero-order chi connectivity index (χ0) is 20.4. The predicted molar refractivity (Wildman–Crippen MR) is 113 cm³/mol. The minimum atomic E-state index is -0.234. The van der Waals surface area contributed by atoms with E-state index in [9.17, 15) is 14.4 Å². The Bertz CT molecular complexity index is 928. The van der Waals surface area contributed by atoms with E-state index in [0.29, 0.717) is 17.1 Å². The highest BCUT2D eigenvalue weighted by atomic mass is 32.1. The van der Waals surface area contributed by atoms with Gasteiger partial charge in [0.2, 0.25) is 5.91 Å². The maximum atomic E-state index is 13.1. The van der Waals surface area contributed by atoms with Crippen molar-refractivity contribution in [3.8, 4) is 6.07 Å². The standard InChI is InChI=1S/C21H24FN5OS/c1-25-7-6-17-18(12-23)21(29-19(17)13-25)24-20(28)14-26-8-10-27(11-9-26)16-4-2-15(22)3-5-16/h2-5H,6-11,13-14H2,1H3,(H,24,28). The highest BCUT2D eigenvalue weighted by molar-refractivity contribution is 7.16. The molecule has 0 radical (unpaired) electrons. The maximum absolute atomic E-state index is 13.1. The lowest BCUT2D eigenvalue weighted by Gasteiger charge is -2.35. The summed E-state index contributed by atoms with van der Waals surface area (Å²) in [6.07, 6.45) is 0.854. The molecular formula is C21H24FN5OS. The van der Waals surface area contributed by atoms with Crippen molar-refractivity contribution in [1.29, 1.82) is 5.26 Å². The number of fused-ring (bicyclic) bond motifs is 1. The molecule has 29 heavy (non-hydrogen) atoms. The van der Waals surface area contributed by atoms with Gasteiger partial charge in [-0.05, 0) is 43.3 Å². The van der Waals surface area contributed by atoms with Crippen molar-refractivity contribution in [2.75, 3.05) is 56.5 Å². The number of carbonyl (C=O) groups excluding carboxylic acids is 1. The van der Waals surface area contributed by atoms with Gasteiger partial charge in [-0.25, -0.2) is 4.39 Å². The van der Waals surface area contributed by atoms with E-state index in [1.54, 1.807) is 12.1 Å². The zero-order valence-electron chi connectivity index (χ0n) is 16.4. The summed E-state index contributed by atoms with van der Waals surface area (Å²) in [7, 11) is 2.07. The number of rotatable bonds is 4. The molecule has 2 aliphatic heterocycles.